The highest BCUT2D eigenvalue weighted by Gasteiger charge is 2.18. The van der Waals surface area contributed by atoms with E-state index in [0.717, 1.165) is 0 Å². The Morgan fingerprint density at radius 3 is 2.63 bits per heavy atom. The molecule has 2 N–H and O–H groups in total. The van der Waals surface area contributed by atoms with E-state index in [9.17, 15) is 13.2 Å². The summed E-state index contributed by atoms with van der Waals surface area (Å²) in [4.78, 5) is 15.1. The zero-order chi connectivity index (χ0) is 13.7. The molecule has 2 amide bonds. The molecule has 9 nitrogen and oxygen atoms in total. The predicted octanol–water partition coefficient (Wildman–Crippen LogP) is -0.223. The Hall–Kier alpha value is -2.62. The summed E-state index contributed by atoms with van der Waals surface area (Å²) >= 11 is 0. The summed E-state index contributed by atoms with van der Waals surface area (Å²) in [6.07, 6.45) is 2.61. The number of nitrogens with zero attached hydrogens (tertiary/aromatic N) is 4. The van der Waals surface area contributed by atoms with Crippen LogP contribution in [0.1, 0.15) is 0 Å². The van der Waals surface area contributed by atoms with Gasteiger partial charge in [-0.25, -0.2) is 14.5 Å². The van der Waals surface area contributed by atoms with Crippen molar-refractivity contribution in [3.63, 3.8) is 0 Å². The van der Waals surface area contributed by atoms with Crippen LogP contribution in [0.25, 0.3) is 0 Å². The van der Waals surface area contributed by atoms with Crippen LogP contribution >= 0.6 is 0 Å². The van der Waals surface area contributed by atoms with E-state index >= 15 is 0 Å². The summed E-state index contributed by atoms with van der Waals surface area (Å²) < 4.78 is 25.3. The van der Waals surface area contributed by atoms with Crippen molar-refractivity contribution in [3.05, 3.63) is 36.7 Å². The first kappa shape index (κ1) is 12.8. The van der Waals surface area contributed by atoms with E-state index in [1.807, 2.05) is 0 Å². The van der Waals surface area contributed by atoms with Gasteiger partial charge >= 0.3 is 6.03 Å². The lowest BCUT2D eigenvalue weighted by molar-refractivity contribution is 0.256. The fourth-order valence-corrected chi connectivity index (χ4v) is 1.99. The van der Waals surface area contributed by atoms with Crippen LogP contribution in [0.15, 0.2) is 41.7 Å². The molecule has 0 atom stereocenters. The van der Waals surface area contributed by atoms with Crippen molar-refractivity contribution >= 4 is 21.9 Å². The van der Waals surface area contributed by atoms with Crippen molar-refractivity contribution in [2.45, 2.75) is 5.03 Å². The Bertz CT molecular complexity index is 661. The quantitative estimate of drug-likeness (QED) is 0.795. The minimum absolute atomic E-state index is 0.0729. The van der Waals surface area contributed by atoms with Crippen LogP contribution in [-0.4, -0.2) is 34.8 Å². The van der Waals surface area contributed by atoms with E-state index in [4.69, 9.17) is 0 Å². The number of hydrogen-bond donors (Lipinski definition) is 2. The molecule has 19 heavy (non-hydrogen) atoms. The van der Waals surface area contributed by atoms with E-state index in [2.05, 4.69) is 25.7 Å². The molecule has 0 aromatic carbocycles. The molecule has 2 heterocycles. The zero-order valence-electron chi connectivity index (χ0n) is 9.39. The van der Waals surface area contributed by atoms with Gasteiger partial charge in [0, 0.05) is 12.3 Å². The van der Waals surface area contributed by atoms with Crippen LogP contribution in [0.4, 0.5) is 10.6 Å². The molecule has 2 rings (SSSR count). The van der Waals surface area contributed by atoms with E-state index in [0.29, 0.717) is 0 Å². The molecular formula is C9H8N6O3S. The summed E-state index contributed by atoms with van der Waals surface area (Å²) in [5, 5.41) is 12.1. The first-order chi connectivity index (χ1) is 9.08. The Morgan fingerprint density at radius 2 is 2.00 bits per heavy atom. The van der Waals surface area contributed by atoms with Gasteiger partial charge in [0.25, 0.3) is 10.0 Å². The molecule has 0 aliphatic heterocycles. The number of hydrogen-bond acceptors (Lipinski definition) is 7. The van der Waals surface area contributed by atoms with Crippen molar-refractivity contribution in [2.75, 3.05) is 5.32 Å². The maximum atomic E-state index is 11.7. The third kappa shape index (κ3) is 3.42. The van der Waals surface area contributed by atoms with Gasteiger partial charge < -0.3 is 0 Å². The number of pyridine rings is 1. The van der Waals surface area contributed by atoms with E-state index in [1.165, 1.54) is 30.6 Å². The van der Waals surface area contributed by atoms with E-state index < -0.39 is 16.1 Å². The Morgan fingerprint density at radius 1 is 1.16 bits per heavy atom. The van der Waals surface area contributed by atoms with Crippen LogP contribution in [0, 0.1) is 0 Å². The van der Waals surface area contributed by atoms with Crippen molar-refractivity contribution in [2.24, 2.45) is 0 Å². The van der Waals surface area contributed by atoms with Crippen molar-refractivity contribution < 1.29 is 13.2 Å². The van der Waals surface area contributed by atoms with Gasteiger partial charge in [-0.15, -0.1) is 10.2 Å². The van der Waals surface area contributed by atoms with Gasteiger partial charge in [-0.2, -0.15) is 8.42 Å². The molecule has 0 aliphatic carbocycles. The monoisotopic (exact) mass is 280 g/mol. The lowest BCUT2D eigenvalue weighted by Gasteiger charge is -2.06. The molecule has 0 bridgehead atoms. The van der Waals surface area contributed by atoms with E-state index in [1.54, 1.807) is 10.8 Å². The number of sulfonamides is 1. The summed E-state index contributed by atoms with van der Waals surface area (Å²) in [5.74, 6) is 0.0729. The van der Waals surface area contributed by atoms with Crippen LogP contribution in [-0.2, 0) is 10.0 Å². The third-order valence-electron chi connectivity index (χ3n) is 1.88. The lowest BCUT2D eigenvalue weighted by atomic mass is 10.5. The average molecular weight is 280 g/mol. The van der Waals surface area contributed by atoms with Crippen molar-refractivity contribution in [1.82, 2.24) is 25.1 Å². The minimum Gasteiger partial charge on any atom is -0.290 e. The molecule has 0 saturated heterocycles. The number of anilines is 1. The smallest absolute Gasteiger partial charge is 0.290 e. The largest absolute Gasteiger partial charge is 0.334 e. The van der Waals surface area contributed by atoms with Crippen molar-refractivity contribution in [3.8, 4) is 0 Å². The van der Waals surface area contributed by atoms with Gasteiger partial charge in [-0.1, -0.05) is 6.07 Å². The van der Waals surface area contributed by atoms with Gasteiger partial charge in [-0.3, -0.25) is 5.32 Å². The highest BCUT2D eigenvalue weighted by molar-refractivity contribution is 7.90. The van der Waals surface area contributed by atoms with Crippen LogP contribution in [0.3, 0.4) is 0 Å². The number of nitrogens with one attached hydrogen (secondary N) is 2. The molecule has 98 valence electrons. The maximum Gasteiger partial charge on any atom is 0.334 e. The number of amides is 2. The predicted molar refractivity (Wildman–Crippen MR) is 63.4 cm³/mol. The van der Waals surface area contributed by atoms with Crippen LogP contribution in [0.2, 0.25) is 0 Å². The standard InChI is InChI=1S/C9H8N6O3S/c16-9(12-7-4-6-11-15-13-7)14-19(17,18)8-3-1-2-5-10-8/h1-6H,(H2,11,12,13,14,16). The molecular weight excluding hydrogens is 272 g/mol. The SMILES string of the molecule is O=C(Nc1ccnnn1)NS(=O)(=O)c1ccccn1. The normalized spacial score (nSPS) is 10.7. The molecule has 10 heteroatoms. The molecule has 2 aromatic rings. The Labute approximate surface area is 108 Å². The average Bonchev–Trinajstić information content (AvgIpc) is 2.40. The molecule has 0 fully saturated rings. The second-order valence-corrected chi connectivity index (χ2v) is 4.86. The fourth-order valence-electron chi connectivity index (χ4n) is 1.13. The lowest BCUT2D eigenvalue weighted by Crippen LogP contribution is -2.35. The number of aromatic nitrogens is 4. The summed E-state index contributed by atoms with van der Waals surface area (Å²) in [6, 6.07) is 4.72. The van der Waals surface area contributed by atoms with Gasteiger partial charge in [0.2, 0.25) is 0 Å². The molecule has 0 radical (unpaired) electrons. The molecule has 0 unspecified atom stereocenters. The topological polar surface area (TPSA) is 127 Å². The number of urea groups is 1. The van der Waals surface area contributed by atoms with E-state index in [-0.39, 0.29) is 10.8 Å². The molecule has 0 aliphatic rings. The minimum atomic E-state index is -4.02. The second-order valence-electron chi connectivity index (χ2n) is 3.23. The number of carbonyl (C=O) groups is 1. The highest BCUT2D eigenvalue weighted by atomic mass is 32.2. The molecule has 0 spiro atoms. The third-order valence-corrected chi connectivity index (χ3v) is 3.13. The van der Waals surface area contributed by atoms with Crippen molar-refractivity contribution in [1.29, 1.82) is 0 Å². The number of rotatable bonds is 3. The first-order valence-corrected chi connectivity index (χ1v) is 6.45. The van der Waals surface area contributed by atoms with Gasteiger partial charge in [0.1, 0.15) is 0 Å². The van der Waals surface area contributed by atoms with Gasteiger partial charge in [0.15, 0.2) is 10.8 Å². The summed E-state index contributed by atoms with van der Waals surface area (Å²) in [7, 11) is -4.02. The Balaban J connectivity index is 2.07. The Kier molecular flexibility index (Phi) is 3.61. The molecule has 2 aromatic heterocycles. The summed E-state index contributed by atoms with van der Waals surface area (Å²) in [6.45, 7) is 0. The first-order valence-electron chi connectivity index (χ1n) is 4.97. The fraction of sp³-hybridized carbons (Fsp3) is 0. The zero-order valence-corrected chi connectivity index (χ0v) is 10.2. The van der Waals surface area contributed by atoms with Gasteiger partial charge in [-0.05, 0) is 17.3 Å². The van der Waals surface area contributed by atoms with Crippen LogP contribution < -0.4 is 10.0 Å². The highest BCUT2D eigenvalue weighted by Crippen LogP contribution is 2.03. The van der Waals surface area contributed by atoms with Crippen LogP contribution in [0.5, 0.6) is 0 Å². The maximum absolute atomic E-state index is 11.7. The molecule has 0 saturated carbocycles. The van der Waals surface area contributed by atoms with Gasteiger partial charge in [0.05, 0.1) is 6.20 Å². The second kappa shape index (κ2) is 5.35. The summed E-state index contributed by atoms with van der Waals surface area (Å²) in [5.41, 5.74) is 0. The number of carbonyl (C=O) groups excluding carboxylic acids is 1.